The summed E-state index contributed by atoms with van der Waals surface area (Å²) in [6, 6.07) is 4.31. The van der Waals surface area contributed by atoms with Crippen molar-refractivity contribution < 1.29 is 22.8 Å². The second-order valence-electron chi connectivity index (χ2n) is 8.88. The van der Waals surface area contributed by atoms with Gasteiger partial charge in [-0.15, -0.1) is 11.3 Å². The number of halogens is 3. The van der Waals surface area contributed by atoms with Crippen LogP contribution in [-0.2, 0) is 22.3 Å². The molecule has 4 heterocycles. The standard InChI is InChI=1S/C22H17BF3N3O2S/c1-9-17(23)12(7-14(28-9)22(24,25)26)11-4-5-27-13-6-10(32-18(11)13)8-29-19(30)15-16(20(29)31)21(15,2)3/h4-7,15-16H,8H2,1-3H3. The van der Waals surface area contributed by atoms with Crippen LogP contribution >= 0.6 is 11.3 Å². The van der Waals surface area contributed by atoms with Gasteiger partial charge in [-0.2, -0.15) is 13.2 Å². The van der Waals surface area contributed by atoms with Crippen molar-refractivity contribution in [2.45, 2.75) is 33.5 Å². The van der Waals surface area contributed by atoms with Gasteiger partial charge in [0.25, 0.3) is 0 Å². The summed E-state index contributed by atoms with van der Waals surface area (Å²) in [4.78, 5) is 35.2. The highest BCUT2D eigenvalue weighted by molar-refractivity contribution is 7.19. The highest BCUT2D eigenvalue weighted by atomic mass is 32.1. The molecule has 2 radical (unpaired) electrons. The van der Waals surface area contributed by atoms with Crippen molar-refractivity contribution >= 4 is 46.7 Å². The topological polar surface area (TPSA) is 63.2 Å². The van der Waals surface area contributed by atoms with Gasteiger partial charge in [-0.05, 0) is 36.1 Å². The number of likely N-dealkylation sites (tertiary alicyclic amines) is 1. The Labute approximate surface area is 187 Å². The number of rotatable bonds is 3. The van der Waals surface area contributed by atoms with Crippen LogP contribution in [0.1, 0.15) is 30.1 Å². The van der Waals surface area contributed by atoms with Crippen LogP contribution in [0.15, 0.2) is 24.4 Å². The van der Waals surface area contributed by atoms with Crippen LogP contribution in [0.5, 0.6) is 0 Å². The maximum absolute atomic E-state index is 13.3. The molecule has 5 nitrogen and oxygen atoms in total. The number of imide groups is 1. The van der Waals surface area contributed by atoms with Crippen molar-refractivity contribution in [2.75, 3.05) is 0 Å². The molecule has 3 aromatic heterocycles. The van der Waals surface area contributed by atoms with Gasteiger partial charge in [-0.3, -0.25) is 19.5 Å². The van der Waals surface area contributed by atoms with Crippen molar-refractivity contribution in [1.82, 2.24) is 14.9 Å². The lowest BCUT2D eigenvalue weighted by Crippen LogP contribution is -2.35. The number of hydrogen-bond donors (Lipinski definition) is 0. The summed E-state index contributed by atoms with van der Waals surface area (Å²) in [5.74, 6) is -0.865. The number of fused-ring (bicyclic) bond motifs is 2. The Morgan fingerprint density at radius 3 is 2.44 bits per heavy atom. The summed E-state index contributed by atoms with van der Waals surface area (Å²) in [5.41, 5.74) is 0.238. The number of amides is 2. The van der Waals surface area contributed by atoms with E-state index in [0.717, 1.165) is 10.9 Å². The van der Waals surface area contributed by atoms with E-state index in [0.29, 0.717) is 15.8 Å². The molecule has 1 aliphatic carbocycles. The van der Waals surface area contributed by atoms with Crippen molar-refractivity contribution in [2.24, 2.45) is 17.3 Å². The Morgan fingerprint density at radius 1 is 1.16 bits per heavy atom. The van der Waals surface area contributed by atoms with Gasteiger partial charge >= 0.3 is 6.18 Å². The molecule has 1 saturated carbocycles. The van der Waals surface area contributed by atoms with Crippen molar-refractivity contribution in [1.29, 1.82) is 0 Å². The highest BCUT2D eigenvalue weighted by Gasteiger charge is 2.72. The molecule has 162 valence electrons. The molecule has 2 amide bonds. The minimum Gasteiger partial charge on any atom is -0.277 e. The summed E-state index contributed by atoms with van der Waals surface area (Å²) < 4.78 is 40.6. The Hall–Kier alpha value is -2.75. The lowest BCUT2D eigenvalue weighted by atomic mass is 9.85. The van der Waals surface area contributed by atoms with Crippen LogP contribution in [0.2, 0.25) is 0 Å². The van der Waals surface area contributed by atoms with Crippen LogP contribution in [0.3, 0.4) is 0 Å². The third kappa shape index (κ3) is 2.99. The lowest BCUT2D eigenvalue weighted by Gasteiger charge is -2.19. The SMILES string of the molecule is [B]c1c(-c2ccnc3cc(CN4C(=O)C5C(C4=O)C5(C)C)sc23)cc(C(F)(F)F)nc1C. The molecule has 2 fully saturated rings. The first-order valence-corrected chi connectivity index (χ1v) is 10.8. The molecule has 32 heavy (non-hydrogen) atoms. The minimum absolute atomic E-state index is 0.0895. The molecule has 1 saturated heterocycles. The third-order valence-corrected chi connectivity index (χ3v) is 7.64. The molecule has 10 heteroatoms. The Kier molecular flexibility index (Phi) is 4.38. The molecule has 0 aromatic carbocycles. The van der Waals surface area contributed by atoms with E-state index < -0.39 is 11.9 Å². The maximum atomic E-state index is 13.3. The number of aromatic nitrogens is 2. The molecule has 5 rings (SSSR count). The smallest absolute Gasteiger partial charge is 0.277 e. The van der Waals surface area contributed by atoms with E-state index in [4.69, 9.17) is 7.85 Å². The number of nitrogens with zero attached hydrogens (tertiary/aromatic N) is 3. The molecule has 3 aromatic rings. The van der Waals surface area contributed by atoms with Gasteiger partial charge in [0.2, 0.25) is 11.8 Å². The number of pyridine rings is 2. The van der Waals surface area contributed by atoms with Gasteiger partial charge in [0.1, 0.15) is 13.5 Å². The Balaban J connectivity index is 1.54. The fourth-order valence-electron chi connectivity index (χ4n) is 4.64. The summed E-state index contributed by atoms with van der Waals surface area (Å²) in [6.45, 7) is 5.40. The quantitative estimate of drug-likeness (QED) is 0.447. The number of aryl methyl sites for hydroxylation is 1. The second kappa shape index (κ2) is 6.63. The lowest BCUT2D eigenvalue weighted by molar-refractivity contribution is -0.144. The van der Waals surface area contributed by atoms with Gasteiger partial charge in [-0.1, -0.05) is 19.3 Å². The zero-order chi connectivity index (χ0) is 23.2. The predicted molar refractivity (Wildman–Crippen MR) is 114 cm³/mol. The van der Waals surface area contributed by atoms with Crippen molar-refractivity contribution in [3.05, 3.63) is 40.7 Å². The number of piperidine rings is 1. The number of carbonyl (C=O) groups is 2. The zero-order valence-corrected chi connectivity index (χ0v) is 18.3. The summed E-state index contributed by atoms with van der Waals surface area (Å²) in [6.07, 6.45) is -3.11. The maximum Gasteiger partial charge on any atom is 0.433 e. The Morgan fingerprint density at radius 2 is 1.81 bits per heavy atom. The van der Waals surface area contributed by atoms with Crippen molar-refractivity contribution in [3.63, 3.8) is 0 Å². The molecular weight excluding hydrogens is 438 g/mol. The van der Waals surface area contributed by atoms with Gasteiger partial charge in [0.05, 0.1) is 28.6 Å². The monoisotopic (exact) mass is 455 g/mol. The van der Waals surface area contributed by atoms with Crippen LogP contribution < -0.4 is 5.46 Å². The fraction of sp³-hybridized carbons (Fsp3) is 0.364. The minimum atomic E-state index is -4.61. The molecule has 0 spiro atoms. The third-order valence-electron chi connectivity index (χ3n) is 6.50. The number of thiophene rings is 1. The first-order chi connectivity index (χ1) is 14.9. The van der Waals surface area contributed by atoms with Gasteiger partial charge < -0.3 is 0 Å². The molecule has 1 aliphatic heterocycles. The van der Waals surface area contributed by atoms with Crippen LogP contribution in [-0.4, -0.2) is 34.5 Å². The van der Waals surface area contributed by atoms with E-state index in [1.807, 2.05) is 13.8 Å². The zero-order valence-electron chi connectivity index (χ0n) is 17.4. The van der Waals surface area contributed by atoms with E-state index in [9.17, 15) is 22.8 Å². The first-order valence-electron chi connectivity index (χ1n) is 9.98. The van der Waals surface area contributed by atoms with E-state index in [2.05, 4.69) is 9.97 Å². The molecule has 0 N–H and O–H groups in total. The molecule has 2 aliphatic rings. The fourth-order valence-corrected chi connectivity index (χ4v) is 5.77. The van der Waals surface area contributed by atoms with Gasteiger partial charge in [-0.25, -0.2) is 4.98 Å². The number of hydrogen-bond acceptors (Lipinski definition) is 5. The number of alkyl halides is 3. The first kappa shape index (κ1) is 21.1. The number of carbonyl (C=O) groups excluding carboxylic acids is 2. The predicted octanol–water partition coefficient (Wildman–Crippen LogP) is 3.62. The van der Waals surface area contributed by atoms with E-state index >= 15 is 0 Å². The molecular formula is C22H17BF3N3O2S. The summed E-state index contributed by atoms with van der Waals surface area (Å²) in [5, 5.41) is 0. The normalized spacial score (nSPS) is 22.0. The van der Waals surface area contributed by atoms with Crippen molar-refractivity contribution in [3.8, 4) is 11.1 Å². The summed E-state index contributed by atoms with van der Waals surface area (Å²) in [7, 11) is 6.10. The van der Waals surface area contributed by atoms with Crippen LogP contribution in [0.25, 0.3) is 21.3 Å². The largest absolute Gasteiger partial charge is 0.433 e. The average Bonchev–Trinajstić information content (AvgIpc) is 2.96. The van der Waals surface area contributed by atoms with E-state index in [1.54, 1.807) is 12.1 Å². The van der Waals surface area contributed by atoms with Crippen LogP contribution in [0.4, 0.5) is 13.2 Å². The summed E-state index contributed by atoms with van der Waals surface area (Å²) >= 11 is 1.29. The molecule has 2 atom stereocenters. The average molecular weight is 455 g/mol. The van der Waals surface area contributed by atoms with Gasteiger partial charge in [0, 0.05) is 22.3 Å². The Bertz CT molecular complexity index is 1290. The van der Waals surface area contributed by atoms with E-state index in [1.165, 1.54) is 29.4 Å². The second-order valence-corrected chi connectivity index (χ2v) is 10.0. The molecule has 2 unspecified atom stereocenters. The molecule has 0 bridgehead atoms. The van der Waals surface area contributed by atoms with Gasteiger partial charge in [0.15, 0.2) is 0 Å². The highest BCUT2D eigenvalue weighted by Crippen LogP contribution is 2.63. The van der Waals surface area contributed by atoms with Crippen LogP contribution in [0, 0.1) is 24.2 Å². The van der Waals surface area contributed by atoms with E-state index in [-0.39, 0.29) is 52.3 Å².